The molecule has 0 atom stereocenters. The van der Waals surface area contributed by atoms with Gasteiger partial charge in [-0.05, 0) is 12.1 Å². The summed E-state index contributed by atoms with van der Waals surface area (Å²) in [5.74, 6) is 0.334. The molecule has 11 heteroatoms. The van der Waals surface area contributed by atoms with E-state index in [0.717, 1.165) is 12.4 Å². The molecule has 0 spiro atoms. The number of rotatable bonds is 4. The van der Waals surface area contributed by atoms with Gasteiger partial charge in [-0.15, -0.1) is 0 Å². The molecule has 2 heterocycles. The molecule has 1 aliphatic heterocycles. The van der Waals surface area contributed by atoms with E-state index in [0.29, 0.717) is 19.0 Å². The largest absolute Gasteiger partial charge is 0.338 e. The molecule has 0 aliphatic carbocycles. The van der Waals surface area contributed by atoms with Gasteiger partial charge in [0, 0.05) is 26.2 Å². The van der Waals surface area contributed by atoms with Gasteiger partial charge in [-0.3, -0.25) is 10.1 Å². The van der Waals surface area contributed by atoms with E-state index >= 15 is 0 Å². The summed E-state index contributed by atoms with van der Waals surface area (Å²) in [5.41, 5.74) is -0.191. The van der Waals surface area contributed by atoms with Gasteiger partial charge in [-0.2, -0.15) is 4.31 Å². The van der Waals surface area contributed by atoms with Crippen molar-refractivity contribution in [2.24, 2.45) is 0 Å². The number of piperazine rings is 1. The molecular weight excluding hydrogens is 370 g/mol. The van der Waals surface area contributed by atoms with Crippen LogP contribution in [0.4, 0.5) is 11.6 Å². The minimum Gasteiger partial charge on any atom is -0.338 e. The van der Waals surface area contributed by atoms with E-state index in [-0.39, 0.29) is 28.7 Å². The number of nitro groups is 1. The van der Waals surface area contributed by atoms with Gasteiger partial charge in [0.25, 0.3) is 0 Å². The first-order valence-electron chi connectivity index (χ1n) is 7.35. The van der Waals surface area contributed by atoms with Crippen LogP contribution in [-0.2, 0) is 10.0 Å². The highest BCUT2D eigenvalue weighted by Crippen LogP contribution is 2.25. The smallest absolute Gasteiger partial charge is 0.305 e. The zero-order valence-electron chi connectivity index (χ0n) is 12.9. The maximum absolute atomic E-state index is 12.7. The van der Waals surface area contributed by atoms with E-state index in [1.807, 2.05) is 0 Å². The Morgan fingerprint density at radius 2 is 1.68 bits per heavy atom. The van der Waals surface area contributed by atoms with Gasteiger partial charge in [0.2, 0.25) is 16.0 Å². The third-order valence-electron chi connectivity index (χ3n) is 3.81. The van der Waals surface area contributed by atoms with Gasteiger partial charge < -0.3 is 4.90 Å². The van der Waals surface area contributed by atoms with Crippen LogP contribution in [0, 0.1) is 10.1 Å². The Labute approximate surface area is 149 Å². The van der Waals surface area contributed by atoms with Crippen molar-refractivity contribution in [3.63, 3.8) is 0 Å². The van der Waals surface area contributed by atoms with Gasteiger partial charge in [0.05, 0.1) is 9.95 Å². The molecule has 0 N–H and O–H groups in total. The lowest BCUT2D eigenvalue weighted by Gasteiger charge is -2.33. The molecule has 1 fully saturated rings. The van der Waals surface area contributed by atoms with Crippen LogP contribution in [0.5, 0.6) is 0 Å². The lowest BCUT2D eigenvalue weighted by atomic mass is 10.4. The van der Waals surface area contributed by atoms with Gasteiger partial charge >= 0.3 is 5.69 Å². The van der Waals surface area contributed by atoms with Gasteiger partial charge in [0.1, 0.15) is 17.3 Å². The van der Waals surface area contributed by atoms with E-state index in [2.05, 4.69) is 9.97 Å². The van der Waals surface area contributed by atoms with E-state index in [1.54, 1.807) is 17.0 Å². The number of hydrogen-bond acceptors (Lipinski definition) is 7. The molecule has 1 aromatic heterocycles. The highest BCUT2D eigenvalue weighted by molar-refractivity contribution is 7.89. The summed E-state index contributed by atoms with van der Waals surface area (Å²) in [5, 5.41) is 10.8. The number of sulfonamides is 1. The van der Waals surface area contributed by atoms with Crippen LogP contribution in [0.15, 0.2) is 41.6 Å². The molecule has 2 aromatic rings. The summed E-state index contributed by atoms with van der Waals surface area (Å²) in [6, 6.07) is 6.31. The van der Waals surface area contributed by atoms with Gasteiger partial charge in [0.15, 0.2) is 0 Å². The Balaban J connectivity index is 1.71. The zero-order chi connectivity index (χ0) is 18.0. The first-order chi connectivity index (χ1) is 11.9. The maximum Gasteiger partial charge on any atom is 0.305 e. The molecule has 0 unspecified atom stereocenters. The quantitative estimate of drug-likeness (QED) is 0.581. The number of hydrogen-bond donors (Lipinski definition) is 0. The second kappa shape index (κ2) is 6.90. The molecule has 0 bridgehead atoms. The molecule has 1 aromatic carbocycles. The molecule has 0 radical (unpaired) electrons. The Bertz CT molecular complexity index is 882. The SMILES string of the molecule is O=[N+]([O-])c1cnc(N2CCN(S(=O)(=O)c3ccccc3Cl)CC2)nc1. The number of halogens is 1. The average Bonchev–Trinajstić information content (AvgIpc) is 2.62. The monoisotopic (exact) mass is 383 g/mol. The van der Waals surface area contributed by atoms with Crippen LogP contribution < -0.4 is 4.90 Å². The van der Waals surface area contributed by atoms with Gasteiger partial charge in [-0.25, -0.2) is 18.4 Å². The van der Waals surface area contributed by atoms with Crippen molar-refractivity contribution in [2.45, 2.75) is 4.90 Å². The van der Waals surface area contributed by atoms with Crippen molar-refractivity contribution >= 4 is 33.3 Å². The molecule has 0 amide bonds. The van der Waals surface area contributed by atoms with Crippen molar-refractivity contribution in [1.29, 1.82) is 0 Å². The number of benzene rings is 1. The van der Waals surface area contributed by atoms with Crippen molar-refractivity contribution in [3.05, 3.63) is 51.8 Å². The Morgan fingerprint density at radius 3 is 2.24 bits per heavy atom. The Kier molecular flexibility index (Phi) is 4.84. The molecule has 9 nitrogen and oxygen atoms in total. The lowest BCUT2D eigenvalue weighted by molar-refractivity contribution is -0.385. The second-order valence-corrected chi connectivity index (χ2v) is 7.63. The fourth-order valence-electron chi connectivity index (χ4n) is 2.49. The predicted molar refractivity (Wildman–Crippen MR) is 91.1 cm³/mol. The standard InChI is InChI=1S/C14H14ClN5O4S/c15-12-3-1-2-4-13(12)25(23,24)19-7-5-18(6-8-19)14-16-9-11(10-17-14)20(21)22/h1-4,9-10H,5-8H2. The van der Waals surface area contributed by atoms with Crippen LogP contribution in [0.1, 0.15) is 0 Å². The first kappa shape index (κ1) is 17.5. The van der Waals surface area contributed by atoms with Crippen LogP contribution in [0.2, 0.25) is 5.02 Å². The van der Waals surface area contributed by atoms with Gasteiger partial charge in [-0.1, -0.05) is 23.7 Å². The fraction of sp³-hybridized carbons (Fsp3) is 0.286. The highest BCUT2D eigenvalue weighted by Gasteiger charge is 2.30. The molecule has 1 saturated heterocycles. The average molecular weight is 384 g/mol. The van der Waals surface area contributed by atoms with E-state index in [1.165, 1.54) is 16.4 Å². The number of aromatic nitrogens is 2. The third kappa shape index (κ3) is 3.55. The van der Waals surface area contributed by atoms with E-state index in [4.69, 9.17) is 11.6 Å². The second-order valence-electron chi connectivity index (χ2n) is 5.32. The molecule has 25 heavy (non-hydrogen) atoms. The summed E-state index contributed by atoms with van der Waals surface area (Å²) < 4.78 is 26.7. The molecule has 3 rings (SSSR count). The molecular formula is C14H14ClN5O4S. The Morgan fingerprint density at radius 1 is 1.08 bits per heavy atom. The number of anilines is 1. The normalized spacial score (nSPS) is 16.0. The summed E-state index contributed by atoms with van der Waals surface area (Å²) >= 11 is 6.00. The minimum atomic E-state index is -3.67. The number of nitrogens with zero attached hydrogens (tertiary/aromatic N) is 5. The van der Waals surface area contributed by atoms with Crippen molar-refractivity contribution < 1.29 is 13.3 Å². The van der Waals surface area contributed by atoms with E-state index in [9.17, 15) is 18.5 Å². The molecule has 1 aliphatic rings. The highest BCUT2D eigenvalue weighted by atomic mass is 35.5. The van der Waals surface area contributed by atoms with Crippen molar-refractivity contribution in [2.75, 3.05) is 31.1 Å². The van der Waals surface area contributed by atoms with Crippen LogP contribution in [0.3, 0.4) is 0 Å². The predicted octanol–water partition coefficient (Wildman–Crippen LogP) is 1.55. The van der Waals surface area contributed by atoms with E-state index < -0.39 is 14.9 Å². The first-order valence-corrected chi connectivity index (χ1v) is 9.17. The van der Waals surface area contributed by atoms with Crippen LogP contribution in [-0.4, -0.2) is 53.8 Å². The lowest BCUT2D eigenvalue weighted by Crippen LogP contribution is -2.49. The van der Waals surface area contributed by atoms with Crippen molar-refractivity contribution in [1.82, 2.24) is 14.3 Å². The minimum absolute atomic E-state index is 0.0803. The maximum atomic E-state index is 12.7. The fourth-order valence-corrected chi connectivity index (χ4v) is 4.41. The summed E-state index contributed by atoms with van der Waals surface area (Å²) in [6.07, 6.45) is 2.27. The Hall–Kier alpha value is -2.30. The topological polar surface area (TPSA) is 110 Å². The third-order valence-corrected chi connectivity index (χ3v) is 6.21. The van der Waals surface area contributed by atoms with Crippen molar-refractivity contribution in [3.8, 4) is 0 Å². The van der Waals surface area contributed by atoms with Crippen LogP contribution >= 0.6 is 11.6 Å². The molecule has 132 valence electrons. The van der Waals surface area contributed by atoms with Crippen LogP contribution in [0.25, 0.3) is 0 Å². The summed E-state index contributed by atoms with van der Waals surface area (Å²) in [6.45, 7) is 1.24. The summed E-state index contributed by atoms with van der Waals surface area (Å²) in [7, 11) is -3.67. The molecule has 0 saturated carbocycles. The summed E-state index contributed by atoms with van der Waals surface area (Å²) in [4.78, 5) is 19.9. The zero-order valence-corrected chi connectivity index (χ0v) is 14.5.